The van der Waals surface area contributed by atoms with E-state index >= 15 is 0 Å². The minimum atomic E-state index is -1.06. The van der Waals surface area contributed by atoms with Gasteiger partial charge in [0.2, 0.25) is 5.91 Å². The quantitative estimate of drug-likeness (QED) is 0.891. The van der Waals surface area contributed by atoms with Crippen molar-refractivity contribution in [2.75, 3.05) is 0 Å². The Labute approximate surface area is 136 Å². The first-order chi connectivity index (χ1) is 10.9. The van der Waals surface area contributed by atoms with Crippen molar-refractivity contribution >= 4 is 11.9 Å². The van der Waals surface area contributed by atoms with Crippen molar-refractivity contribution in [3.8, 4) is 0 Å². The molecule has 2 aromatic rings. The molecule has 1 amide bonds. The lowest BCUT2D eigenvalue weighted by atomic mass is 10.0. The van der Waals surface area contributed by atoms with E-state index in [0.717, 1.165) is 22.3 Å². The summed E-state index contributed by atoms with van der Waals surface area (Å²) in [6, 6.07) is 12.0. The minimum Gasteiger partial charge on any atom is -0.479 e. The van der Waals surface area contributed by atoms with Crippen LogP contribution in [-0.2, 0) is 16.0 Å². The second-order valence-electron chi connectivity index (χ2n) is 5.84. The summed E-state index contributed by atoms with van der Waals surface area (Å²) in [6.07, 6.45) is 0.162. The van der Waals surface area contributed by atoms with Gasteiger partial charge in [0.1, 0.15) is 0 Å². The molecule has 0 spiro atoms. The molecule has 0 radical (unpaired) electrons. The maximum Gasteiger partial charge on any atom is 0.330 e. The molecule has 1 unspecified atom stereocenters. The van der Waals surface area contributed by atoms with E-state index in [1.165, 1.54) is 0 Å². The molecule has 4 nitrogen and oxygen atoms in total. The Bertz CT molecular complexity index is 720. The maximum atomic E-state index is 12.2. The molecule has 0 heterocycles. The number of carbonyl (C=O) groups excluding carboxylic acids is 1. The van der Waals surface area contributed by atoms with Crippen LogP contribution in [-0.4, -0.2) is 17.0 Å². The standard InChI is InChI=1S/C19H21NO3/c1-12-4-7-15(8-5-12)11-17(21)20-18(19(22)23)16-9-6-13(2)14(3)10-16/h4-10,18H,11H2,1-3H3,(H,20,21)(H,22,23). The summed E-state index contributed by atoms with van der Waals surface area (Å²) in [5.74, 6) is -1.37. The topological polar surface area (TPSA) is 66.4 Å². The van der Waals surface area contributed by atoms with E-state index in [1.807, 2.05) is 51.1 Å². The molecule has 4 heteroatoms. The first-order valence-corrected chi connectivity index (χ1v) is 7.51. The number of carboxylic acid groups (broad SMARTS) is 1. The molecule has 0 saturated heterocycles. The molecule has 2 N–H and O–H groups in total. The summed E-state index contributed by atoms with van der Waals surface area (Å²) in [5.41, 5.74) is 4.65. The Hall–Kier alpha value is -2.62. The molecule has 2 rings (SSSR count). The molecule has 0 aliphatic carbocycles. The molecule has 2 aromatic carbocycles. The number of hydrogen-bond acceptors (Lipinski definition) is 2. The zero-order valence-corrected chi connectivity index (χ0v) is 13.6. The van der Waals surface area contributed by atoms with Crippen molar-refractivity contribution in [1.29, 1.82) is 0 Å². The number of aryl methyl sites for hydroxylation is 3. The largest absolute Gasteiger partial charge is 0.479 e. The summed E-state index contributed by atoms with van der Waals surface area (Å²) >= 11 is 0. The highest BCUT2D eigenvalue weighted by molar-refractivity contribution is 5.85. The molecule has 0 aromatic heterocycles. The molecule has 1 atom stereocenters. The van der Waals surface area contributed by atoms with E-state index in [9.17, 15) is 14.7 Å². The highest BCUT2D eigenvalue weighted by Crippen LogP contribution is 2.18. The average molecular weight is 311 g/mol. The van der Waals surface area contributed by atoms with Crippen molar-refractivity contribution in [3.05, 3.63) is 70.3 Å². The van der Waals surface area contributed by atoms with Gasteiger partial charge in [-0.1, -0.05) is 48.0 Å². The molecule has 0 aliphatic rings. The minimum absolute atomic E-state index is 0.162. The smallest absolute Gasteiger partial charge is 0.330 e. The number of carbonyl (C=O) groups is 2. The lowest BCUT2D eigenvalue weighted by Crippen LogP contribution is -2.34. The third kappa shape index (κ3) is 4.42. The van der Waals surface area contributed by atoms with Crippen LogP contribution in [0.15, 0.2) is 42.5 Å². The van der Waals surface area contributed by atoms with Gasteiger partial charge in [0.15, 0.2) is 6.04 Å². The Morgan fingerprint density at radius 3 is 2.22 bits per heavy atom. The number of carboxylic acids is 1. The molecule has 23 heavy (non-hydrogen) atoms. The third-order valence-electron chi connectivity index (χ3n) is 3.90. The Kier molecular flexibility index (Phi) is 5.16. The first kappa shape index (κ1) is 16.7. The normalized spacial score (nSPS) is 11.8. The molecule has 0 fully saturated rings. The second-order valence-corrected chi connectivity index (χ2v) is 5.84. The van der Waals surface area contributed by atoms with E-state index < -0.39 is 12.0 Å². The number of rotatable bonds is 5. The van der Waals surface area contributed by atoms with Crippen LogP contribution in [0, 0.1) is 20.8 Å². The van der Waals surface area contributed by atoms with Crippen molar-refractivity contribution in [2.45, 2.75) is 33.2 Å². The molecule has 0 saturated carbocycles. The molecule has 120 valence electrons. The SMILES string of the molecule is Cc1ccc(CC(=O)NC(C(=O)O)c2ccc(C)c(C)c2)cc1. The van der Waals surface area contributed by atoms with E-state index in [2.05, 4.69) is 5.32 Å². The molecular formula is C19H21NO3. The van der Waals surface area contributed by atoms with Crippen LogP contribution in [0.1, 0.15) is 33.9 Å². The van der Waals surface area contributed by atoms with Crippen LogP contribution < -0.4 is 5.32 Å². The maximum absolute atomic E-state index is 12.2. The molecular weight excluding hydrogens is 290 g/mol. The summed E-state index contributed by atoms with van der Waals surface area (Å²) in [4.78, 5) is 23.7. The van der Waals surface area contributed by atoms with Crippen LogP contribution in [0.3, 0.4) is 0 Å². The monoisotopic (exact) mass is 311 g/mol. The van der Waals surface area contributed by atoms with E-state index in [1.54, 1.807) is 12.1 Å². The predicted molar refractivity (Wildman–Crippen MR) is 89.3 cm³/mol. The van der Waals surface area contributed by atoms with Crippen molar-refractivity contribution < 1.29 is 14.7 Å². The van der Waals surface area contributed by atoms with Gasteiger partial charge in [-0.25, -0.2) is 4.79 Å². The summed E-state index contributed by atoms with van der Waals surface area (Å²) in [5, 5.41) is 12.0. The number of nitrogens with one attached hydrogen (secondary N) is 1. The summed E-state index contributed by atoms with van der Waals surface area (Å²) in [6.45, 7) is 5.86. The Balaban J connectivity index is 2.12. The van der Waals surface area contributed by atoms with E-state index in [-0.39, 0.29) is 12.3 Å². The summed E-state index contributed by atoms with van der Waals surface area (Å²) in [7, 11) is 0. The zero-order valence-electron chi connectivity index (χ0n) is 13.6. The van der Waals surface area contributed by atoms with Crippen molar-refractivity contribution in [1.82, 2.24) is 5.32 Å². The zero-order chi connectivity index (χ0) is 17.0. The van der Waals surface area contributed by atoms with Gasteiger partial charge in [0, 0.05) is 0 Å². The lowest BCUT2D eigenvalue weighted by Gasteiger charge is -2.16. The van der Waals surface area contributed by atoms with Gasteiger partial charge in [-0.3, -0.25) is 4.79 Å². The van der Waals surface area contributed by atoms with Crippen LogP contribution in [0.4, 0.5) is 0 Å². The van der Waals surface area contributed by atoms with Gasteiger partial charge in [-0.15, -0.1) is 0 Å². The summed E-state index contributed by atoms with van der Waals surface area (Å²) < 4.78 is 0. The van der Waals surface area contributed by atoms with Crippen molar-refractivity contribution in [2.24, 2.45) is 0 Å². The van der Waals surface area contributed by atoms with Gasteiger partial charge in [0.25, 0.3) is 0 Å². The Morgan fingerprint density at radius 1 is 1.00 bits per heavy atom. The number of hydrogen-bond donors (Lipinski definition) is 2. The van der Waals surface area contributed by atoms with Crippen LogP contribution >= 0.6 is 0 Å². The van der Waals surface area contributed by atoms with E-state index in [4.69, 9.17) is 0 Å². The number of benzene rings is 2. The average Bonchev–Trinajstić information content (AvgIpc) is 2.50. The fourth-order valence-electron chi connectivity index (χ4n) is 2.34. The van der Waals surface area contributed by atoms with Gasteiger partial charge < -0.3 is 10.4 Å². The second kappa shape index (κ2) is 7.09. The molecule has 0 aliphatic heterocycles. The highest BCUT2D eigenvalue weighted by atomic mass is 16.4. The molecule has 0 bridgehead atoms. The first-order valence-electron chi connectivity index (χ1n) is 7.51. The van der Waals surface area contributed by atoms with Crippen LogP contribution in [0.25, 0.3) is 0 Å². The van der Waals surface area contributed by atoms with Gasteiger partial charge in [-0.05, 0) is 43.0 Å². The number of amides is 1. The van der Waals surface area contributed by atoms with Crippen molar-refractivity contribution in [3.63, 3.8) is 0 Å². The predicted octanol–water partition coefficient (Wildman–Crippen LogP) is 3.10. The Morgan fingerprint density at radius 2 is 1.65 bits per heavy atom. The van der Waals surface area contributed by atoms with Gasteiger partial charge in [0.05, 0.1) is 6.42 Å². The number of aliphatic carboxylic acids is 1. The van der Waals surface area contributed by atoms with Crippen LogP contribution in [0.2, 0.25) is 0 Å². The van der Waals surface area contributed by atoms with Gasteiger partial charge >= 0.3 is 5.97 Å². The van der Waals surface area contributed by atoms with Crippen LogP contribution in [0.5, 0.6) is 0 Å². The highest BCUT2D eigenvalue weighted by Gasteiger charge is 2.22. The third-order valence-corrected chi connectivity index (χ3v) is 3.90. The lowest BCUT2D eigenvalue weighted by molar-refractivity contribution is -0.141. The van der Waals surface area contributed by atoms with E-state index in [0.29, 0.717) is 5.56 Å². The fourth-order valence-corrected chi connectivity index (χ4v) is 2.34. The van der Waals surface area contributed by atoms with Gasteiger partial charge in [-0.2, -0.15) is 0 Å². The fraction of sp³-hybridized carbons (Fsp3) is 0.263.